The van der Waals surface area contributed by atoms with Gasteiger partial charge in [0, 0.05) is 17.6 Å². The van der Waals surface area contributed by atoms with Crippen molar-refractivity contribution >= 4 is 40.8 Å². The second-order valence-electron chi connectivity index (χ2n) is 8.42. The number of amides is 2. The Hall–Kier alpha value is -4.96. The molecule has 0 saturated carbocycles. The largest absolute Gasteiger partial charge is 0.422 e. The van der Waals surface area contributed by atoms with E-state index in [9.17, 15) is 19.2 Å². The lowest BCUT2D eigenvalue weighted by Gasteiger charge is -2.10. The van der Waals surface area contributed by atoms with Crippen LogP contribution in [0.25, 0.3) is 5.69 Å². The highest BCUT2D eigenvalue weighted by atomic mass is 35.5. The first-order valence-corrected chi connectivity index (χ1v) is 12.1. The number of aromatic nitrogens is 2. The van der Waals surface area contributed by atoms with Crippen LogP contribution in [0.3, 0.4) is 0 Å². The summed E-state index contributed by atoms with van der Waals surface area (Å²) >= 11 is 5.87. The Morgan fingerprint density at radius 1 is 0.897 bits per heavy atom. The van der Waals surface area contributed by atoms with E-state index >= 15 is 0 Å². The fourth-order valence-corrected chi connectivity index (χ4v) is 3.85. The summed E-state index contributed by atoms with van der Waals surface area (Å²) in [5.74, 6) is -2.55. The molecule has 1 heterocycles. The summed E-state index contributed by atoms with van der Waals surface area (Å²) in [5.41, 5.74) is 3.73. The molecule has 11 heteroatoms. The molecule has 2 amide bonds. The Balaban J connectivity index is 1.47. The first-order chi connectivity index (χ1) is 18.7. The number of halogens is 1. The van der Waals surface area contributed by atoms with Crippen LogP contribution in [0.4, 0.5) is 5.69 Å². The third kappa shape index (κ3) is 5.97. The average Bonchev–Trinajstić information content (AvgIpc) is 3.15. The number of para-hydroxylation sites is 2. The molecule has 0 aliphatic rings. The lowest BCUT2D eigenvalue weighted by molar-refractivity contribution is -0.136. The summed E-state index contributed by atoms with van der Waals surface area (Å²) in [6.45, 7) is 3.23. The van der Waals surface area contributed by atoms with E-state index in [1.807, 2.05) is 6.07 Å². The summed E-state index contributed by atoms with van der Waals surface area (Å²) in [4.78, 5) is 50.6. The molecule has 0 fully saturated rings. The molecule has 198 valence electrons. The number of nitrogens with zero attached hydrogens (tertiary/aromatic N) is 3. The summed E-state index contributed by atoms with van der Waals surface area (Å²) in [6.07, 6.45) is 0. The molecule has 10 nitrogen and oxygen atoms in total. The number of nitrogens with one attached hydrogen (secondary N) is 2. The molecular formula is C28H24ClN5O5. The Bertz CT molecular complexity index is 1640. The molecule has 4 rings (SSSR count). The van der Waals surface area contributed by atoms with Gasteiger partial charge in [-0.1, -0.05) is 41.9 Å². The van der Waals surface area contributed by atoms with E-state index in [1.54, 1.807) is 86.2 Å². The molecule has 3 aromatic carbocycles. The van der Waals surface area contributed by atoms with E-state index in [0.29, 0.717) is 27.5 Å². The second kappa shape index (κ2) is 11.6. The summed E-state index contributed by atoms with van der Waals surface area (Å²) in [7, 11) is 1.67. The van der Waals surface area contributed by atoms with Gasteiger partial charge in [0.15, 0.2) is 0 Å². The first-order valence-electron chi connectivity index (χ1n) is 11.7. The van der Waals surface area contributed by atoms with Crippen LogP contribution in [0.15, 0.2) is 88.8 Å². The van der Waals surface area contributed by atoms with E-state index in [4.69, 9.17) is 16.3 Å². The summed E-state index contributed by atoms with van der Waals surface area (Å²) < 4.78 is 8.47. The van der Waals surface area contributed by atoms with Gasteiger partial charge in [-0.2, -0.15) is 5.10 Å². The predicted octanol–water partition coefficient (Wildman–Crippen LogP) is 3.84. The molecule has 0 saturated heterocycles. The van der Waals surface area contributed by atoms with Crippen molar-refractivity contribution in [3.63, 3.8) is 0 Å². The zero-order chi connectivity index (χ0) is 28.1. The number of carbonyl (C=O) groups is 3. The average molecular weight is 546 g/mol. The molecular weight excluding hydrogens is 522 g/mol. The topological polar surface area (TPSA) is 124 Å². The van der Waals surface area contributed by atoms with Gasteiger partial charge in [-0.25, -0.2) is 14.9 Å². The summed E-state index contributed by atoms with van der Waals surface area (Å²) in [6, 6.07) is 21.7. The maximum atomic E-state index is 13.0. The van der Waals surface area contributed by atoms with Crippen molar-refractivity contribution in [2.75, 3.05) is 5.32 Å². The Morgan fingerprint density at radius 3 is 2.23 bits per heavy atom. The normalized spacial score (nSPS) is 11.1. The lowest BCUT2D eigenvalue weighted by atomic mass is 10.1. The van der Waals surface area contributed by atoms with Gasteiger partial charge in [-0.15, -0.1) is 0 Å². The van der Waals surface area contributed by atoms with E-state index < -0.39 is 23.3 Å². The smallest absolute Gasteiger partial charge is 0.343 e. The van der Waals surface area contributed by atoms with Crippen molar-refractivity contribution in [3.05, 3.63) is 111 Å². The number of esters is 1. The van der Waals surface area contributed by atoms with Crippen molar-refractivity contribution in [1.29, 1.82) is 0 Å². The molecule has 0 unspecified atom stereocenters. The Labute approximate surface area is 228 Å². The van der Waals surface area contributed by atoms with Crippen LogP contribution in [0.5, 0.6) is 5.75 Å². The van der Waals surface area contributed by atoms with Gasteiger partial charge in [0.1, 0.15) is 11.4 Å². The van der Waals surface area contributed by atoms with E-state index in [0.717, 1.165) is 0 Å². The van der Waals surface area contributed by atoms with Crippen molar-refractivity contribution in [3.8, 4) is 11.4 Å². The minimum absolute atomic E-state index is 0.0262. The third-order valence-corrected chi connectivity index (χ3v) is 6.14. The Kier molecular flexibility index (Phi) is 8.07. The van der Waals surface area contributed by atoms with Gasteiger partial charge in [0.2, 0.25) is 0 Å². The van der Waals surface area contributed by atoms with Crippen LogP contribution >= 0.6 is 11.6 Å². The van der Waals surface area contributed by atoms with E-state index in [1.165, 1.54) is 16.8 Å². The maximum absolute atomic E-state index is 13.0. The zero-order valence-electron chi connectivity index (χ0n) is 21.3. The van der Waals surface area contributed by atoms with Crippen molar-refractivity contribution < 1.29 is 19.1 Å². The molecule has 2 N–H and O–H groups in total. The maximum Gasteiger partial charge on any atom is 0.343 e. The highest BCUT2D eigenvalue weighted by Gasteiger charge is 2.22. The number of benzene rings is 3. The van der Waals surface area contributed by atoms with Gasteiger partial charge in [-0.05, 0) is 62.4 Å². The monoisotopic (exact) mass is 545 g/mol. The number of rotatable bonds is 6. The van der Waals surface area contributed by atoms with Crippen molar-refractivity contribution in [1.82, 2.24) is 14.8 Å². The number of ether oxygens (including phenoxy) is 1. The van der Waals surface area contributed by atoms with Crippen LogP contribution in [0, 0.1) is 6.92 Å². The third-order valence-electron chi connectivity index (χ3n) is 5.88. The van der Waals surface area contributed by atoms with Gasteiger partial charge >= 0.3 is 17.8 Å². The van der Waals surface area contributed by atoms with Gasteiger partial charge in [-0.3, -0.25) is 19.1 Å². The van der Waals surface area contributed by atoms with Gasteiger partial charge < -0.3 is 10.1 Å². The first kappa shape index (κ1) is 27.1. The van der Waals surface area contributed by atoms with Crippen molar-refractivity contribution in [2.45, 2.75) is 13.8 Å². The molecule has 0 atom stereocenters. The highest BCUT2D eigenvalue weighted by Crippen LogP contribution is 2.21. The zero-order valence-corrected chi connectivity index (χ0v) is 22.0. The minimum Gasteiger partial charge on any atom is -0.422 e. The predicted molar refractivity (Wildman–Crippen MR) is 148 cm³/mol. The fourth-order valence-electron chi connectivity index (χ4n) is 3.73. The minimum atomic E-state index is -1.08. The fraction of sp³-hybridized carbons (Fsp3) is 0.107. The summed E-state index contributed by atoms with van der Waals surface area (Å²) in [5, 5.41) is 6.85. The van der Waals surface area contributed by atoms with Crippen LogP contribution in [-0.4, -0.2) is 32.9 Å². The SMILES string of the molecule is C/C(=N\NC(=O)C(=O)Nc1c(C)n(C)n(-c2ccccc2)c1=O)c1ccccc1OC(=O)c1ccc(Cl)cc1. The number of hydrogen-bond donors (Lipinski definition) is 2. The molecule has 0 aliphatic heterocycles. The lowest BCUT2D eigenvalue weighted by Crippen LogP contribution is -2.34. The van der Waals surface area contributed by atoms with E-state index in [-0.39, 0.29) is 17.1 Å². The number of carbonyl (C=O) groups excluding carboxylic acids is 3. The standard InChI is InChI=1S/C28H24ClN5O5/c1-17(22-11-7-8-12-23(22)39-28(38)19-13-15-20(29)16-14-19)31-32-26(36)25(35)30-24-18(2)33(3)34(27(24)37)21-9-5-4-6-10-21/h4-16H,1-3H3,(H,30,35)(H,32,36)/b31-17+. The number of hydrazone groups is 1. The van der Waals surface area contributed by atoms with Gasteiger partial charge in [0.05, 0.1) is 22.7 Å². The molecule has 1 aromatic heterocycles. The van der Waals surface area contributed by atoms with E-state index in [2.05, 4.69) is 15.8 Å². The molecule has 39 heavy (non-hydrogen) atoms. The molecule has 0 spiro atoms. The second-order valence-corrected chi connectivity index (χ2v) is 8.86. The van der Waals surface area contributed by atoms with Crippen LogP contribution < -0.4 is 21.0 Å². The quantitative estimate of drug-likeness (QED) is 0.125. The molecule has 4 aromatic rings. The van der Waals surface area contributed by atoms with Crippen molar-refractivity contribution in [2.24, 2.45) is 12.1 Å². The molecule has 0 bridgehead atoms. The van der Waals surface area contributed by atoms with Crippen LogP contribution in [-0.2, 0) is 16.6 Å². The highest BCUT2D eigenvalue weighted by molar-refractivity contribution is 6.39. The van der Waals surface area contributed by atoms with Crippen LogP contribution in [0.1, 0.15) is 28.5 Å². The molecule has 0 radical (unpaired) electrons. The molecule has 0 aliphatic carbocycles. The van der Waals surface area contributed by atoms with Gasteiger partial charge in [0.25, 0.3) is 5.56 Å². The van der Waals surface area contributed by atoms with Crippen LogP contribution in [0.2, 0.25) is 5.02 Å². The number of anilines is 1. The Morgan fingerprint density at radius 2 is 1.54 bits per heavy atom. The number of hydrogen-bond acceptors (Lipinski definition) is 6.